The standard InChI is InChI=1S/C12H18N2O2S/c1-7-10(13)6-11(17-7)12(15)14-8-3-4-9(5-8)16-2/h6,8-9H,3-5,13H2,1-2H3,(H,14,15). The number of rotatable bonds is 3. The van der Waals surface area contributed by atoms with Crippen molar-refractivity contribution in [1.29, 1.82) is 0 Å². The Morgan fingerprint density at radius 3 is 2.88 bits per heavy atom. The van der Waals surface area contributed by atoms with Gasteiger partial charge in [0.1, 0.15) is 0 Å². The van der Waals surface area contributed by atoms with Crippen molar-refractivity contribution in [2.75, 3.05) is 12.8 Å². The predicted molar refractivity (Wildman–Crippen MR) is 69.4 cm³/mol. The molecule has 4 nitrogen and oxygen atoms in total. The first-order chi connectivity index (χ1) is 8.10. The number of nitrogens with one attached hydrogen (secondary N) is 1. The smallest absolute Gasteiger partial charge is 0.261 e. The molecule has 3 N–H and O–H groups in total. The fourth-order valence-corrected chi connectivity index (χ4v) is 2.99. The van der Waals surface area contributed by atoms with Crippen LogP contribution in [-0.4, -0.2) is 25.2 Å². The lowest BCUT2D eigenvalue weighted by Crippen LogP contribution is -2.32. The molecule has 1 aromatic rings. The number of hydrogen-bond acceptors (Lipinski definition) is 4. The van der Waals surface area contributed by atoms with Crippen LogP contribution in [0.5, 0.6) is 0 Å². The molecule has 0 aromatic carbocycles. The maximum absolute atomic E-state index is 12.0. The topological polar surface area (TPSA) is 64.3 Å². The zero-order valence-corrected chi connectivity index (χ0v) is 11.0. The molecule has 2 rings (SSSR count). The van der Waals surface area contributed by atoms with Crippen molar-refractivity contribution >= 4 is 22.9 Å². The summed E-state index contributed by atoms with van der Waals surface area (Å²) in [6.45, 7) is 1.92. The summed E-state index contributed by atoms with van der Waals surface area (Å²) in [5.74, 6) is -0.0171. The lowest BCUT2D eigenvalue weighted by Gasteiger charge is -2.11. The summed E-state index contributed by atoms with van der Waals surface area (Å²) in [5.41, 5.74) is 6.44. The number of carbonyl (C=O) groups is 1. The second-order valence-electron chi connectivity index (χ2n) is 4.46. The van der Waals surface area contributed by atoms with Crippen molar-refractivity contribution in [3.63, 3.8) is 0 Å². The Labute approximate surface area is 105 Å². The molecule has 1 amide bonds. The fourth-order valence-electron chi connectivity index (χ4n) is 2.15. The zero-order chi connectivity index (χ0) is 12.4. The van der Waals surface area contributed by atoms with E-state index in [0.29, 0.717) is 10.6 Å². The molecule has 94 valence electrons. The number of nitrogens with two attached hydrogens (primary N) is 1. The molecular formula is C12H18N2O2S. The summed E-state index contributed by atoms with van der Waals surface area (Å²) in [6, 6.07) is 1.98. The molecule has 1 aromatic heterocycles. The van der Waals surface area contributed by atoms with Gasteiger partial charge in [-0.3, -0.25) is 4.79 Å². The van der Waals surface area contributed by atoms with Crippen LogP contribution in [0.25, 0.3) is 0 Å². The minimum atomic E-state index is -0.0171. The lowest BCUT2D eigenvalue weighted by atomic mass is 10.2. The predicted octanol–water partition coefficient (Wildman–Crippen LogP) is 1.94. The third-order valence-corrected chi connectivity index (χ3v) is 4.30. The number of amides is 1. The van der Waals surface area contributed by atoms with Crippen LogP contribution in [0.15, 0.2) is 6.07 Å². The molecule has 0 spiro atoms. The molecule has 0 bridgehead atoms. The van der Waals surface area contributed by atoms with Crippen LogP contribution in [0.3, 0.4) is 0 Å². The van der Waals surface area contributed by atoms with E-state index in [1.165, 1.54) is 11.3 Å². The van der Waals surface area contributed by atoms with Crippen molar-refractivity contribution in [2.45, 2.75) is 38.3 Å². The van der Waals surface area contributed by atoms with Crippen molar-refractivity contribution in [3.05, 3.63) is 15.8 Å². The van der Waals surface area contributed by atoms with Gasteiger partial charge in [-0.25, -0.2) is 0 Å². The van der Waals surface area contributed by atoms with Crippen molar-refractivity contribution < 1.29 is 9.53 Å². The van der Waals surface area contributed by atoms with Crippen LogP contribution < -0.4 is 11.1 Å². The minimum absolute atomic E-state index is 0.0171. The van der Waals surface area contributed by atoms with E-state index < -0.39 is 0 Å². The van der Waals surface area contributed by atoms with Gasteiger partial charge in [0.25, 0.3) is 5.91 Å². The van der Waals surface area contributed by atoms with Crippen LogP contribution >= 0.6 is 11.3 Å². The molecule has 5 heteroatoms. The van der Waals surface area contributed by atoms with Gasteiger partial charge >= 0.3 is 0 Å². The summed E-state index contributed by atoms with van der Waals surface area (Å²) < 4.78 is 5.28. The Morgan fingerprint density at radius 2 is 2.35 bits per heavy atom. The fraction of sp³-hybridized carbons (Fsp3) is 0.583. The average Bonchev–Trinajstić information content (AvgIpc) is 2.87. The molecule has 0 aliphatic heterocycles. The third kappa shape index (κ3) is 2.79. The molecule has 1 aliphatic rings. The van der Waals surface area contributed by atoms with E-state index in [0.717, 1.165) is 24.1 Å². The molecule has 1 heterocycles. The monoisotopic (exact) mass is 254 g/mol. The highest BCUT2D eigenvalue weighted by molar-refractivity contribution is 7.14. The van der Waals surface area contributed by atoms with Crippen LogP contribution in [0.4, 0.5) is 5.69 Å². The Hall–Kier alpha value is -1.07. The zero-order valence-electron chi connectivity index (χ0n) is 10.2. The largest absolute Gasteiger partial charge is 0.398 e. The SMILES string of the molecule is COC1CCC(NC(=O)c2cc(N)c(C)s2)C1. The first-order valence-electron chi connectivity index (χ1n) is 5.79. The van der Waals surface area contributed by atoms with E-state index in [1.807, 2.05) is 6.92 Å². The highest BCUT2D eigenvalue weighted by Crippen LogP contribution is 2.25. The van der Waals surface area contributed by atoms with E-state index in [-0.39, 0.29) is 18.1 Å². The van der Waals surface area contributed by atoms with E-state index in [4.69, 9.17) is 10.5 Å². The summed E-state index contributed by atoms with van der Waals surface area (Å²) in [5, 5.41) is 3.04. The van der Waals surface area contributed by atoms with Gasteiger partial charge < -0.3 is 15.8 Å². The summed E-state index contributed by atoms with van der Waals surface area (Å²) in [7, 11) is 1.72. The Bertz CT molecular complexity index is 397. The van der Waals surface area contributed by atoms with E-state index >= 15 is 0 Å². The molecule has 1 fully saturated rings. The minimum Gasteiger partial charge on any atom is -0.398 e. The molecule has 0 saturated heterocycles. The number of thiophene rings is 1. The number of ether oxygens (including phenoxy) is 1. The van der Waals surface area contributed by atoms with Crippen LogP contribution in [0.1, 0.15) is 33.8 Å². The quantitative estimate of drug-likeness (QED) is 0.866. The molecule has 2 atom stereocenters. The number of nitrogen functional groups attached to an aromatic ring is 1. The number of carbonyl (C=O) groups excluding carboxylic acids is 1. The van der Waals surface area contributed by atoms with Crippen LogP contribution in [-0.2, 0) is 4.74 Å². The van der Waals surface area contributed by atoms with Gasteiger partial charge in [-0.1, -0.05) is 0 Å². The first kappa shape index (κ1) is 12.4. The van der Waals surface area contributed by atoms with Gasteiger partial charge in [-0.15, -0.1) is 11.3 Å². The molecule has 2 unspecified atom stereocenters. The first-order valence-corrected chi connectivity index (χ1v) is 6.61. The maximum atomic E-state index is 12.0. The van der Waals surface area contributed by atoms with Gasteiger partial charge in [0.05, 0.1) is 11.0 Å². The van der Waals surface area contributed by atoms with Crippen molar-refractivity contribution in [1.82, 2.24) is 5.32 Å². The number of hydrogen-bond donors (Lipinski definition) is 2. The van der Waals surface area contributed by atoms with Crippen LogP contribution in [0.2, 0.25) is 0 Å². The third-order valence-electron chi connectivity index (χ3n) is 3.23. The second kappa shape index (κ2) is 5.06. The Morgan fingerprint density at radius 1 is 1.59 bits per heavy atom. The van der Waals surface area contributed by atoms with Gasteiger partial charge in [0.15, 0.2) is 0 Å². The average molecular weight is 254 g/mol. The van der Waals surface area contributed by atoms with Crippen molar-refractivity contribution in [2.24, 2.45) is 0 Å². The summed E-state index contributed by atoms with van der Waals surface area (Å²) >= 11 is 1.44. The molecule has 1 aliphatic carbocycles. The number of aryl methyl sites for hydroxylation is 1. The normalized spacial score (nSPS) is 23.9. The molecule has 0 radical (unpaired) electrons. The van der Waals surface area contributed by atoms with E-state index in [1.54, 1.807) is 13.2 Å². The second-order valence-corrected chi connectivity index (χ2v) is 5.72. The highest BCUT2D eigenvalue weighted by atomic mass is 32.1. The lowest BCUT2D eigenvalue weighted by molar-refractivity contribution is 0.0918. The van der Waals surface area contributed by atoms with Crippen molar-refractivity contribution in [3.8, 4) is 0 Å². The molecule has 17 heavy (non-hydrogen) atoms. The van der Waals surface area contributed by atoms with Gasteiger partial charge in [-0.05, 0) is 32.3 Å². The molecule has 1 saturated carbocycles. The van der Waals surface area contributed by atoms with Gasteiger partial charge in [0.2, 0.25) is 0 Å². The maximum Gasteiger partial charge on any atom is 0.261 e. The van der Waals surface area contributed by atoms with Gasteiger partial charge in [0, 0.05) is 23.7 Å². The summed E-state index contributed by atoms with van der Waals surface area (Å²) in [6.07, 6.45) is 3.20. The van der Waals surface area contributed by atoms with Gasteiger partial charge in [-0.2, -0.15) is 0 Å². The van der Waals surface area contributed by atoms with Crippen LogP contribution in [0, 0.1) is 6.92 Å². The van der Waals surface area contributed by atoms with E-state index in [9.17, 15) is 4.79 Å². The highest BCUT2D eigenvalue weighted by Gasteiger charge is 2.26. The number of anilines is 1. The number of methoxy groups -OCH3 is 1. The Kier molecular flexibility index (Phi) is 3.69. The summed E-state index contributed by atoms with van der Waals surface area (Å²) in [4.78, 5) is 13.7. The van der Waals surface area contributed by atoms with E-state index in [2.05, 4.69) is 5.32 Å². The molecular weight excluding hydrogens is 236 g/mol. The Balaban J connectivity index is 1.93.